The maximum absolute atomic E-state index is 12.1. The van der Waals surface area contributed by atoms with E-state index in [0.717, 1.165) is 31.5 Å². The molecule has 22 heavy (non-hydrogen) atoms. The molecule has 0 bridgehead atoms. The van der Waals surface area contributed by atoms with Gasteiger partial charge in [-0.2, -0.15) is 0 Å². The number of fused-ring (bicyclic) bond motifs is 1. The number of rotatable bonds is 4. The summed E-state index contributed by atoms with van der Waals surface area (Å²) in [6, 6.07) is 0. The Kier molecular flexibility index (Phi) is 4.73. The van der Waals surface area contributed by atoms with Gasteiger partial charge < -0.3 is 10.4 Å². The fraction of sp³-hybridized carbons (Fsp3) is 0.667. The van der Waals surface area contributed by atoms with Crippen molar-refractivity contribution < 1.29 is 14.7 Å². The molecule has 7 heteroatoms. The second kappa shape index (κ2) is 6.75. The molecule has 1 aliphatic heterocycles. The minimum Gasteiger partial charge on any atom is -0.481 e. The molecule has 1 aromatic heterocycles. The summed E-state index contributed by atoms with van der Waals surface area (Å²) in [5.74, 6) is -1.22. The van der Waals surface area contributed by atoms with Gasteiger partial charge in [0.05, 0.1) is 18.2 Å². The second-order valence-corrected chi connectivity index (χ2v) is 7.14. The normalized spacial score (nSPS) is 22.1. The Morgan fingerprint density at radius 3 is 2.91 bits per heavy atom. The fourth-order valence-corrected chi connectivity index (χ4v) is 4.23. The van der Waals surface area contributed by atoms with Crippen molar-refractivity contribution in [3.8, 4) is 0 Å². The van der Waals surface area contributed by atoms with Gasteiger partial charge >= 0.3 is 5.97 Å². The Morgan fingerprint density at radius 1 is 1.32 bits per heavy atom. The van der Waals surface area contributed by atoms with Crippen LogP contribution in [0.25, 0.3) is 0 Å². The molecule has 1 saturated heterocycles. The van der Waals surface area contributed by atoms with Crippen molar-refractivity contribution in [3.63, 3.8) is 0 Å². The van der Waals surface area contributed by atoms with Gasteiger partial charge in [-0.3, -0.25) is 14.5 Å². The van der Waals surface area contributed by atoms with E-state index in [9.17, 15) is 9.59 Å². The van der Waals surface area contributed by atoms with Crippen molar-refractivity contribution in [2.75, 3.05) is 25.0 Å². The number of thiazole rings is 1. The molecule has 1 aliphatic carbocycles. The highest BCUT2D eigenvalue weighted by molar-refractivity contribution is 7.15. The summed E-state index contributed by atoms with van der Waals surface area (Å²) in [6.45, 7) is 1.48. The van der Waals surface area contributed by atoms with Crippen molar-refractivity contribution in [2.45, 2.75) is 38.5 Å². The second-order valence-electron chi connectivity index (χ2n) is 6.06. The van der Waals surface area contributed by atoms with Crippen LogP contribution in [0.2, 0.25) is 0 Å². The largest absolute Gasteiger partial charge is 0.481 e. The van der Waals surface area contributed by atoms with Crippen LogP contribution in [0.15, 0.2) is 0 Å². The number of aliphatic carboxylic acids is 1. The van der Waals surface area contributed by atoms with Gasteiger partial charge in [-0.25, -0.2) is 4.98 Å². The van der Waals surface area contributed by atoms with Gasteiger partial charge in [0.25, 0.3) is 0 Å². The molecule has 0 aromatic carbocycles. The van der Waals surface area contributed by atoms with Crippen LogP contribution in [-0.2, 0) is 22.4 Å². The summed E-state index contributed by atoms with van der Waals surface area (Å²) in [7, 11) is 0. The van der Waals surface area contributed by atoms with Gasteiger partial charge in [0.15, 0.2) is 5.13 Å². The predicted molar refractivity (Wildman–Crippen MR) is 84.2 cm³/mol. The lowest BCUT2D eigenvalue weighted by Crippen LogP contribution is -2.42. The third kappa shape index (κ3) is 3.64. The zero-order valence-corrected chi connectivity index (χ0v) is 13.3. The molecule has 1 amide bonds. The first kappa shape index (κ1) is 15.4. The molecule has 120 valence electrons. The molecule has 1 aromatic rings. The van der Waals surface area contributed by atoms with E-state index < -0.39 is 5.97 Å². The quantitative estimate of drug-likeness (QED) is 0.882. The van der Waals surface area contributed by atoms with Crippen molar-refractivity contribution in [2.24, 2.45) is 5.92 Å². The van der Waals surface area contributed by atoms with Crippen molar-refractivity contribution in [1.29, 1.82) is 0 Å². The minimum atomic E-state index is -0.766. The van der Waals surface area contributed by atoms with Crippen LogP contribution in [-0.4, -0.2) is 46.5 Å². The number of likely N-dealkylation sites (tertiary alicyclic amines) is 1. The van der Waals surface area contributed by atoms with Crippen molar-refractivity contribution in [1.82, 2.24) is 9.88 Å². The molecule has 2 aliphatic rings. The fourth-order valence-electron chi connectivity index (χ4n) is 3.17. The number of carboxylic acids is 1. The number of nitrogens with one attached hydrogen (secondary N) is 1. The highest BCUT2D eigenvalue weighted by atomic mass is 32.1. The standard InChI is InChI=1S/C15H21N3O3S/c19-13(9-18-7-3-4-10(8-18)14(20)21)17-15-16-11-5-1-2-6-12(11)22-15/h10H,1-9H2,(H,20,21)(H,16,17,19). The first-order chi connectivity index (χ1) is 10.6. The number of carbonyl (C=O) groups excluding carboxylic acids is 1. The molecule has 0 spiro atoms. The molecule has 1 fully saturated rings. The third-order valence-corrected chi connectivity index (χ3v) is 5.39. The highest BCUT2D eigenvalue weighted by Crippen LogP contribution is 2.29. The molecule has 1 atom stereocenters. The van der Waals surface area contributed by atoms with E-state index >= 15 is 0 Å². The monoisotopic (exact) mass is 323 g/mol. The van der Waals surface area contributed by atoms with E-state index in [0.29, 0.717) is 18.1 Å². The van der Waals surface area contributed by atoms with Crippen LogP contribution in [0, 0.1) is 5.92 Å². The van der Waals surface area contributed by atoms with Gasteiger partial charge in [-0.05, 0) is 45.1 Å². The summed E-state index contributed by atoms with van der Waals surface area (Å²) in [5.41, 5.74) is 1.13. The lowest BCUT2D eigenvalue weighted by molar-refractivity contribution is -0.144. The number of hydrogen-bond acceptors (Lipinski definition) is 5. The molecule has 1 unspecified atom stereocenters. The van der Waals surface area contributed by atoms with Crippen LogP contribution in [0.3, 0.4) is 0 Å². The van der Waals surface area contributed by atoms with Crippen LogP contribution in [0.4, 0.5) is 5.13 Å². The Labute approximate surface area is 133 Å². The average molecular weight is 323 g/mol. The van der Waals surface area contributed by atoms with E-state index in [-0.39, 0.29) is 18.4 Å². The summed E-state index contributed by atoms with van der Waals surface area (Å²) in [5, 5.41) is 12.6. The van der Waals surface area contributed by atoms with E-state index in [1.807, 2.05) is 4.90 Å². The number of nitrogens with zero attached hydrogens (tertiary/aromatic N) is 2. The third-order valence-electron chi connectivity index (χ3n) is 4.31. The first-order valence-corrected chi connectivity index (χ1v) is 8.67. The smallest absolute Gasteiger partial charge is 0.307 e. The molecule has 6 nitrogen and oxygen atoms in total. The number of aryl methyl sites for hydroxylation is 2. The zero-order valence-electron chi connectivity index (χ0n) is 12.5. The zero-order chi connectivity index (χ0) is 15.5. The lowest BCUT2D eigenvalue weighted by Gasteiger charge is -2.29. The highest BCUT2D eigenvalue weighted by Gasteiger charge is 2.26. The number of piperidine rings is 1. The number of anilines is 1. The van der Waals surface area contributed by atoms with E-state index in [2.05, 4.69) is 10.3 Å². The molecule has 2 heterocycles. The SMILES string of the molecule is O=C(CN1CCCC(C(=O)O)C1)Nc1nc2c(s1)CCCC2. The molecule has 0 radical (unpaired) electrons. The average Bonchev–Trinajstić information content (AvgIpc) is 2.89. The summed E-state index contributed by atoms with van der Waals surface area (Å²) < 4.78 is 0. The molecular formula is C15H21N3O3S. The van der Waals surface area contributed by atoms with E-state index in [1.54, 1.807) is 11.3 Å². The number of hydrogen-bond donors (Lipinski definition) is 2. The van der Waals surface area contributed by atoms with Crippen LogP contribution in [0.1, 0.15) is 36.3 Å². The van der Waals surface area contributed by atoms with E-state index in [4.69, 9.17) is 5.11 Å². The van der Waals surface area contributed by atoms with Gasteiger partial charge in [0, 0.05) is 11.4 Å². The van der Waals surface area contributed by atoms with Gasteiger partial charge in [0.1, 0.15) is 0 Å². The van der Waals surface area contributed by atoms with Gasteiger partial charge in [-0.1, -0.05) is 0 Å². The van der Waals surface area contributed by atoms with Crippen LogP contribution >= 0.6 is 11.3 Å². The van der Waals surface area contributed by atoms with Gasteiger partial charge in [0.2, 0.25) is 5.91 Å². The summed E-state index contributed by atoms with van der Waals surface area (Å²) in [6.07, 6.45) is 5.98. The Morgan fingerprint density at radius 2 is 2.14 bits per heavy atom. The lowest BCUT2D eigenvalue weighted by atomic mass is 9.98. The number of amides is 1. The summed E-state index contributed by atoms with van der Waals surface area (Å²) in [4.78, 5) is 30.9. The number of aromatic nitrogens is 1. The molecule has 3 rings (SSSR count). The van der Waals surface area contributed by atoms with Crippen molar-refractivity contribution >= 4 is 28.3 Å². The maximum atomic E-state index is 12.1. The maximum Gasteiger partial charge on any atom is 0.307 e. The predicted octanol–water partition coefficient (Wildman–Crippen LogP) is 1.76. The number of carboxylic acid groups (broad SMARTS) is 1. The van der Waals surface area contributed by atoms with Crippen LogP contribution < -0.4 is 5.32 Å². The first-order valence-electron chi connectivity index (χ1n) is 7.85. The molecule has 2 N–H and O–H groups in total. The minimum absolute atomic E-state index is 0.0999. The molecular weight excluding hydrogens is 302 g/mol. The summed E-state index contributed by atoms with van der Waals surface area (Å²) >= 11 is 1.58. The Balaban J connectivity index is 1.54. The van der Waals surface area contributed by atoms with Crippen LogP contribution in [0.5, 0.6) is 0 Å². The van der Waals surface area contributed by atoms with Gasteiger partial charge in [-0.15, -0.1) is 11.3 Å². The topological polar surface area (TPSA) is 82.5 Å². The Bertz CT molecular complexity index is 549. The molecule has 0 saturated carbocycles. The Hall–Kier alpha value is -1.47. The van der Waals surface area contributed by atoms with Crippen molar-refractivity contribution in [3.05, 3.63) is 10.6 Å². The van der Waals surface area contributed by atoms with E-state index in [1.165, 1.54) is 17.7 Å². The number of carbonyl (C=O) groups is 2.